The zero-order valence-electron chi connectivity index (χ0n) is 17.0. The molecule has 0 aliphatic heterocycles. The van der Waals surface area contributed by atoms with Gasteiger partial charge in [-0.1, -0.05) is 11.6 Å². The molecule has 4 aromatic rings. The van der Waals surface area contributed by atoms with Crippen molar-refractivity contribution >= 4 is 34.2 Å². The van der Waals surface area contributed by atoms with Crippen LogP contribution >= 0.6 is 11.6 Å². The van der Waals surface area contributed by atoms with Gasteiger partial charge in [-0.25, -0.2) is 0 Å². The second kappa shape index (κ2) is 8.53. The van der Waals surface area contributed by atoms with Gasteiger partial charge >= 0.3 is 0 Å². The van der Waals surface area contributed by atoms with Crippen LogP contribution in [0.3, 0.4) is 0 Å². The molecular weight excluding hydrogens is 420 g/mol. The van der Waals surface area contributed by atoms with Crippen LogP contribution in [0.1, 0.15) is 10.4 Å². The van der Waals surface area contributed by atoms with Crippen LogP contribution in [0, 0.1) is 0 Å². The number of hydrogen-bond acceptors (Lipinski definition) is 6. The maximum atomic E-state index is 12.8. The molecule has 0 bridgehead atoms. The highest BCUT2D eigenvalue weighted by Crippen LogP contribution is 2.28. The number of halogens is 1. The fourth-order valence-corrected chi connectivity index (χ4v) is 3.32. The Morgan fingerprint density at radius 2 is 1.65 bits per heavy atom. The average molecular weight is 439 g/mol. The highest BCUT2D eigenvalue weighted by Gasteiger charge is 2.15. The molecule has 1 N–H and O–H groups in total. The van der Waals surface area contributed by atoms with E-state index in [0.717, 1.165) is 0 Å². The van der Waals surface area contributed by atoms with Crippen LogP contribution < -0.4 is 19.5 Å². The van der Waals surface area contributed by atoms with Crippen LogP contribution in [-0.4, -0.2) is 42.2 Å². The maximum absolute atomic E-state index is 12.8. The van der Waals surface area contributed by atoms with Gasteiger partial charge in [-0.3, -0.25) is 4.79 Å². The molecule has 1 aromatic heterocycles. The Hall–Kier alpha value is -3.78. The normalized spacial score (nSPS) is 10.7. The molecule has 8 nitrogen and oxygen atoms in total. The fraction of sp³-hybridized carbons (Fsp3) is 0.136. The van der Waals surface area contributed by atoms with Gasteiger partial charge in [-0.15, -0.1) is 10.2 Å². The van der Waals surface area contributed by atoms with Crippen molar-refractivity contribution in [3.8, 4) is 22.9 Å². The Labute approximate surface area is 183 Å². The maximum Gasteiger partial charge on any atom is 0.259 e. The topological polar surface area (TPSA) is 87.5 Å². The van der Waals surface area contributed by atoms with Crippen molar-refractivity contribution in [1.29, 1.82) is 0 Å². The second-order valence-electron chi connectivity index (χ2n) is 6.53. The van der Waals surface area contributed by atoms with Gasteiger partial charge in [0.05, 0.1) is 37.6 Å². The van der Waals surface area contributed by atoms with Gasteiger partial charge < -0.3 is 19.5 Å². The summed E-state index contributed by atoms with van der Waals surface area (Å²) in [6.07, 6.45) is 0. The molecule has 0 aliphatic carbocycles. The summed E-state index contributed by atoms with van der Waals surface area (Å²) in [5.74, 6) is 1.28. The standard InChI is InChI=1S/C22H19ClN4O4/c1-29-15-6-7-16(21(12-15)31-3)22(28)24-13-4-8-18-19(10-13)26-27(25-18)14-5-9-20(30-2)17(23)11-14/h4-12H,1-3H3,(H,24,28). The number of ether oxygens (including phenoxy) is 3. The molecule has 4 rings (SSSR count). The van der Waals surface area contributed by atoms with Gasteiger partial charge in [0.2, 0.25) is 0 Å². The first-order valence-corrected chi connectivity index (χ1v) is 9.64. The van der Waals surface area contributed by atoms with Crippen LogP contribution in [0.4, 0.5) is 5.69 Å². The van der Waals surface area contributed by atoms with Crippen molar-refractivity contribution in [2.24, 2.45) is 0 Å². The summed E-state index contributed by atoms with van der Waals surface area (Å²) < 4.78 is 15.7. The predicted molar refractivity (Wildman–Crippen MR) is 118 cm³/mol. The molecule has 1 heterocycles. The van der Waals surface area contributed by atoms with E-state index in [1.807, 2.05) is 6.07 Å². The number of fused-ring (bicyclic) bond motifs is 1. The lowest BCUT2D eigenvalue weighted by molar-refractivity contribution is 0.102. The molecule has 0 radical (unpaired) electrons. The van der Waals surface area contributed by atoms with Gasteiger partial charge in [-0.05, 0) is 48.5 Å². The van der Waals surface area contributed by atoms with Crippen LogP contribution in [0.25, 0.3) is 16.7 Å². The monoisotopic (exact) mass is 438 g/mol. The molecule has 3 aromatic carbocycles. The van der Waals surface area contributed by atoms with Gasteiger partial charge in [0.25, 0.3) is 5.91 Å². The fourth-order valence-electron chi connectivity index (χ4n) is 3.07. The van der Waals surface area contributed by atoms with Crippen LogP contribution in [0.15, 0.2) is 54.6 Å². The highest BCUT2D eigenvalue weighted by atomic mass is 35.5. The quantitative estimate of drug-likeness (QED) is 0.481. The molecule has 0 unspecified atom stereocenters. The highest BCUT2D eigenvalue weighted by molar-refractivity contribution is 6.32. The Bertz CT molecular complexity index is 1270. The van der Waals surface area contributed by atoms with E-state index in [9.17, 15) is 4.79 Å². The lowest BCUT2D eigenvalue weighted by Gasteiger charge is -2.10. The number of benzene rings is 3. The zero-order valence-corrected chi connectivity index (χ0v) is 17.8. The number of nitrogens with zero attached hydrogens (tertiary/aromatic N) is 3. The smallest absolute Gasteiger partial charge is 0.259 e. The van der Waals surface area contributed by atoms with E-state index in [2.05, 4.69) is 15.5 Å². The van der Waals surface area contributed by atoms with Crippen molar-refractivity contribution in [2.75, 3.05) is 26.6 Å². The number of carbonyl (C=O) groups is 1. The van der Waals surface area contributed by atoms with Crippen molar-refractivity contribution < 1.29 is 19.0 Å². The van der Waals surface area contributed by atoms with E-state index in [-0.39, 0.29) is 5.91 Å². The third-order valence-corrected chi connectivity index (χ3v) is 4.95. The summed E-state index contributed by atoms with van der Waals surface area (Å²) in [5.41, 5.74) is 2.95. The van der Waals surface area contributed by atoms with Crippen LogP contribution in [0.5, 0.6) is 17.2 Å². The number of methoxy groups -OCH3 is 3. The Balaban J connectivity index is 1.60. The van der Waals surface area contributed by atoms with Crippen molar-refractivity contribution in [3.63, 3.8) is 0 Å². The minimum absolute atomic E-state index is 0.312. The minimum Gasteiger partial charge on any atom is -0.497 e. The van der Waals surface area contributed by atoms with Gasteiger partial charge in [0.15, 0.2) is 0 Å². The summed E-state index contributed by atoms with van der Waals surface area (Å²) in [4.78, 5) is 14.2. The molecule has 0 spiro atoms. The molecule has 0 atom stereocenters. The van der Waals surface area contributed by atoms with E-state index >= 15 is 0 Å². The molecule has 0 saturated heterocycles. The number of carbonyl (C=O) groups excluding carboxylic acids is 1. The molecule has 1 amide bonds. The minimum atomic E-state index is -0.312. The number of hydrogen-bond donors (Lipinski definition) is 1. The van der Waals surface area contributed by atoms with Crippen molar-refractivity contribution in [2.45, 2.75) is 0 Å². The third-order valence-electron chi connectivity index (χ3n) is 4.66. The van der Waals surface area contributed by atoms with Crippen LogP contribution in [-0.2, 0) is 0 Å². The van der Waals surface area contributed by atoms with E-state index in [1.165, 1.54) is 11.9 Å². The lowest BCUT2D eigenvalue weighted by Crippen LogP contribution is -2.13. The Kier molecular flexibility index (Phi) is 5.64. The first-order chi connectivity index (χ1) is 15.0. The number of amides is 1. The summed E-state index contributed by atoms with van der Waals surface area (Å²) in [6, 6.07) is 15.6. The summed E-state index contributed by atoms with van der Waals surface area (Å²) in [6.45, 7) is 0. The molecule has 0 fully saturated rings. The van der Waals surface area contributed by atoms with E-state index in [0.29, 0.717) is 50.2 Å². The Morgan fingerprint density at radius 3 is 2.35 bits per heavy atom. The summed E-state index contributed by atoms with van der Waals surface area (Å²) in [7, 11) is 4.61. The van der Waals surface area contributed by atoms with E-state index in [4.69, 9.17) is 25.8 Å². The van der Waals surface area contributed by atoms with E-state index < -0.39 is 0 Å². The first kappa shape index (κ1) is 20.5. The number of anilines is 1. The molecule has 158 valence electrons. The van der Waals surface area contributed by atoms with Gasteiger partial charge in [-0.2, -0.15) is 4.80 Å². The molecule has 0 aliphatic rings. The SMILES string of the molecule is COc1ccc(C(=O)Nc2ccc3nn(-c4ccc(OC)c(Cl)c4)nc3c2)c(OC)c1. The molecule has 0 saturated carbocycles. The second-order valence-corrected chi connectivity index (χ2v) is 6.94. The molecular formula is C22H19ClN4O4. The number of rotatable bonds is 6. The molecule has 9 heteroatoms. The summed E-state index contributed by atoms with van der Waals surface area (Å²) >= 11 is 6.20. The lowest BCUT2D eigenvalue weighted by atomic mass is 10.1. The largest absolute Gasteiger partial charge is 0.497 e. The first-order valence-electron chi connectivity index (χ1n) is 9.27. The van der Waals surface area contributed by atoms with Crippen molar-refractivity contribution in [1.82, 2.24) is 15.0 Å². The average Bonchev–Trinajstić information content (AvgIpc) is 3.22. The van der Waals surface area contributed by atoms with Gasteiger partial charge in [0, 0.05) is 11.8 Å². The summed E-state index contributed by atoms with van der Waals surface area (Å²) in [5, 5.41) is 12.3. The third kappa shape index (κ3) is 4.10. The molecule has 31 heavy (non-hydrogen) atoms. The predicted octanol–water partition coefficient (Wildman–Crippen LogP) is 4.35. The zero-order chi connectivity index (χ0) is 22.0. The number of aromatic nitrogens is 3. The van der Waals surface area contributed by atoms with E-state index in [1.54, 1.807) is 62.8 Å². The van der Waals surface area contributed by atoms with Gasteiger partial charge in [0.1, 0.15) is 28.3 Å². The van der Waals surface area contributed by atoms with Crippen molar-refractivity contribution in [3.05, 3.63) is 65.2 Å². The Morgan fingerprint density at radius 1 is 0.871 bits per heavy atom. The van der Waals surface area contributed by atoms with Crippen LogP contribution in [0.2, 0.25) is 5.02 Å². The number of nitrogens with one attached hydrogen (secondary N) is 1.